The van der Waals surface area contributed by atoms with E-state index in [1.165, 1.54) is 4.90 Å². The molecule has 90 valence electrons. The number of hydrazine groups is 1. The number of aromatic nitrogens is 2. The summed E-state index contributed by atoms with van der Waals surface area (Å²) >= 11 is 0. The number of nitrogens with two attached hydrogens (primary N) is 1. The Morgan fingerprint density at radius 2 is 2.00 bits per heavy atom. The van der Waals surface area contributed by atoms with Gasteiger partial charge in [-0.1, -0.05) is 0 Å². The summed E-state index contributed by atoms with van der Waals surface area (Å²) in [4.78, 5) is 9.56. The minimum Gasteiger partial charge on any atom is -0.354 e. The molecule has 0 atom stereocenters. The van der Waals surface area contributed by atoms with E-state index in [2.05, 4.69) is 15.4 Å². The molecule has 0 fully saturated rings. The number of nitrogens with zero attached hydrogens (tertiary/aromatic N) is 3. The number of nitrogens with one attached hydrogen (secondary N) is 1. The lowest BCUT2D eigenvalue weighted by Gasteiger charge is -2.21. The molecule has 0 aliphatic carbocycles. The van der Waals surface area contributed by atoms with Crippen LogP contribution in [-0.2, 0) is 0 Å². The molecule has 1 heterocycles. The number of rotatable bonds is 4. The number of aryl methyl sites for hydroxylation is 1. The van der Waals surface area contributed by atoms with Crippen LogP contribution in [0.4, 0.5) is 20.4 Å². The van der Waals surface area contributed by atoms with Crippen molar-refractivity contribution in [1.29, 1.82) is 0 Å². The Hall–Kier alpha value is -1.50. The van der Waals surface area contributed by atoms with Crippen LogP contribution in [0, 0.1) is 13.8 Å². The van der Waals surface area contributed by atoms with Crippen molar-refractivity contribution in [3.63, 3.8) is 0 Å². The monoisotopic (exact) mass is 231 g/mol. The molecule has 1 aromatic heterocycles. The highest BCUT2D eigenvalue weighted by Crippen LogP contribution is 2.22. The Morgan fingerprint density at radius 1 is 1.38 bits per heavy atom. The molecular formula is C9H15F2N5. The van der Waals surface area contributed by atoms with Gasteiger partial charge in [-0.15, -0.1) is 0 Å². The second kappa shape index (κ2) is 5.02. The minimum atomic E-state index is -2.41. The standard InChI is InChI=1S/C9H15F2N5/c1-5-8(15-12)13-6(2)14-9(5)16(3)4-7(10)11/h7H,4,12H2,1-3H3,(H,13,14,15). The maximum absolute atomic E-state index is 12.3. The summed E-state index contributed by atoms with van der Waals surface area (Å²) in [5, 5.41) is 0. The number of anilines is 2. The van der Waals surface area contributed by atoms with Gasteiger partial charge in [-0.25, -0.2) is 24.6 Å². The van der Waals surface area contributed by atoms with Crippen molar-refractivity contribution in [1.82, 2.24) is 9.97 Å². The van der Waals surface area contributed by atoms with Crippen LogP contribution in [0.2, 0.25) is 0 Å². The summed E-state index contributed by atoms with van der Waals surface area (Å²) in [6, 6.07) is 0. The molecule has 0 saturated carbocycles. The highest BCUT2D eigenvalue weighted by atomic mass is 19.3. The van der Waals surface area contributed by atoms with Gasteiger partial charge in [0.15, 0.2) is 0 Å². The molecule has 3 N–H and O–H groups in total. The Morgan fingerprint density at radius 3 is 2.50 bits per heavy atom. The van der Waals surface area contributed by atoms with Gasteiger partial charge in [0.1, 0.15) is 17.5 Å². The maximum atomic E-state index is 12.3. The molecule has 0 aliphatic heterocycles. The number of hydrogen-bond donors (Lipinski definition) is 2. The largest absolute Gasteiger partial charge is 0.354 e. The van der Waals surface area contributed by atoms with Crippen LogP contribution in [0.25, 0.3) is 0 Å². The fourth-order valence-corrected chi connectivity index (χ4v) is 1.42. The molecule has 0 saturated heterocycles. The summed E-state index contributed by atoms with van der Waals surface area (Å²) in [5.41, 5.74) is 3.07. The first kappa shape index (κ1) is 12.6. The lowest BCUT2D eigenvalue weighted by molar-refractivity contribution is 0.156. The van der Waals surface area contributed by atoms with Crippen molar-refractivity contribution < 1.29 is 8.78 Å². The first-order chi connectivity index (χ1) is 7.45. The second-order valence-corrected chi connectivity index (χ2v) is 3.48. The molecule has 16 heavy (non-hydrogen) atoms. The zero-order chi connectivity index (χ0) is 12.3. The van der Waals surface area contributed by atoms with Crippen LogP contribution in [-0.4, -0.2) is 30.0 Å². The molecule has 5 nitrogen and oxygen atoms in total. The van der Waals surface area contributed by atoms with Gasteiger partial charge in [-0.05, 0) is 13.8 Å². The van der Waals surface area contributed by atoms with E-state index in [4.69, 9.17) is 5.84 Å². The van der Waals surface area contributed by atoms with Crippen molar-refractivity contribution in [3.05, 3.63) is 11.4 Å². The highest BCUT2D eigenvalue weighted by molar-refractivity contribution is 5.57. The quantitative estimate of drug-likeness (QED) is 0.599. The lowest BCUT2D eigenvalue weighted by Crippen LogP contribution is -2.27. The number of alkyl halides is 2. The van der Waals surface area contributed by atoms with E-state index in [0.717, 1.165) is 0 Å². The Labute approximate surface area is 92.6 Å². The molecule has 0 radical (unpaired) electrons. The van der Waals surface area contributed by atoms with Crippen molar-refractivity contribution >= 4 is 11.6 Å². The first-order valence-electron chi connectivity index (χ1n) is 4.76. The smallest absolute Gasteiger partial charge is 0.255 e. The van der Waals surface area contributed by atoms with Gasteiger partial charge in [0, 0.05) is 12.6 Å². The highest BCUT2D eigenvalue weighted by Gasteiger charge is 2.15. The van der Waals surface area contributed by atoms with E-state index in [-0.39, 0.29) is 6.54 Å². The second-order valence-electron chi connectivity index (χ2n) is 3.48. The van der Waals surface area contributed by atoms with Crippen LogP contribution in [0.3, 0.4) is 0 Å². The van der Waals surface area contributed by atoms with E-state index in [0.29, 0.717) is 23.0 Å². The molecular weight excluding hydrogens is 216 g/mol. The Balaban J connectivity index is 3.07. The summed E-state index contributed by atoms with van der Waals surface area (Å²) in [6.45, 7) is 3.03. The normalized spacial score (nSPS) is 10.7. The van der Waals surface area contributed by atoms with E-state index < -0.39 is 6.43 Å². The van der Waals surface area contributed by atoms with Crippen molar-refractivity contribution in [2.45, 2.75) is 20.3 Å². The zero-order valence-electron chi connectivity index (χ0n) is 9.46. The van der Waals surface area contributed by atoms with Gasteiger partial charge in [0.05, 0.1) is 6.54 Å². The Kier molecular flexibility index (Phi) is 3.94. The fourth-order valence-electron chi connectivity index (χ4n) is 1.42. The van der Waals surface area contributed by atoms with Gasteiger partial charge >= 0.3 is 0 Å². The van der Waals surface area contributed by atoms with Crippen molar-refractivity contribution in [3.8, 4) is 0 Å². The minimum absolute atomic E-state index is 0.374. The summed E-state index contributed by atoms with van der Waals surface area (Å²) in [5.74, 6) is 6.67. The first-order valence-corrected chi connectivity index (χ1v) is 4.76. The predicted molar refractivity (Wildman–Crippen MR) is 58.6 cm³/mol. The molecule has 7 heteroatoms. The Bertz CT molecular complexity index is 369. The van der Waals surface area contributed by atoms with Crippen LogP contribution >= 0.6 is 0 Å². The molecule has 0 spiro atoms. The number of hydrogen-bond acceptors (Lipinski definition) is 5. The molecule has 0 aromatic carbocycles. The molecule has 0 bridgehead atoms. The van der Waals surface area contributed by atoms with Gasteiger partial charge < -0.3 is 10.3 Å². The predicted octanol–water partition coefficient (Wildman–Crippen LogP) is 1.08. The van der Waals surface area contributed by atoms with E-state index in [1.807, 2.05) is 0 Å². The zero-order valence-corrected chi connectivity index (χ0v) is 9.46. The molecule has 1 aromatic rings. The van der Waals surface area contributed by atoms with E-state index in [1.54, 1.807) is 20.9 Å². The van der Waals surface area contributed by atoms with Gasteiger partial charge in [-0.3, -0.25) is 0 Å². The fraction of sp³-hybridized carbons (Fsp3) is 0.556. The van der Waals surface area contributed by atoms with Gasteiger partial charge in [-0.2, -0.15) is 0 Å². The number of halogens is 2. The topological polar surface area (TPSA) is 67.1 Å². The average Bonchev–Trinajstić information content (AvgIpc) is 2.19. The van der Waals surface area contributed by atoms with E-state index in [9.17, 15) is 8.78 Å². The molecule has 0 amide bonds. The van der Waals surface area contributed by atoms with Crippen LogP contribution in [0.5, 0.6) is 0 Å². The van der Waals surface area contributed by atoms with Crippen LogP contribution < -0.4 is 16.2 Å². The van der Waals surface area contributed by atoms with E-state index >= 15 is 0 Å². The lowest BCUT2D eigenvalue weighted by atomic mass is 10.3. The molecule has 0 aliphatic rings. The van der Waals surface area contributed by atoms with Gasteiger partial charge in [0.25, 0.3) is 6.43 Å². The number of nitrogen functional groups attached to an aromatic ring is 1. The summed E-state index contributed by atoms with van der Waals surface area (Å²) in [6.07, 6.45) is -2.41. The molecule has 0 unspecified atom stereocenters. The third kappa shape index (κ3) is 2.75. The molecule has 1 rings (SSSR count). The third-order valence-corrected chi connectivity index (χ3v) is 2.14. The van der Waals surface area contributed by atoms with Gasteiger partial charge in [0.2, 0.25) is 0 Å². The van der Waals surface area contributed by atoms with Crippen LogP contribution in [0.1, 0.15) is 11.4 Å². The SMILES string of the molecule is Cc1nc(NN)c(C)c(N(C)CC(F)F)n1. The maximum Gasteiger partial charge on any atom is 0.255 e. The van der Waals surface area contributed by atoms with Crippen LogP contribution in [0.15, 0.2) is 0 Å². The summed E-state index contributed by atoms with van der Waals surface area (Å²) < 4.78 is 24.5. The average molecular weight is 231 g/mol. The van der Waals surface area contributed by atoms with Crippen molar-refractivity contribution in [2.24, 2.45) is 5.84 Å². The third-order valence-electron chi connectivity index (χ3n) is 2.14. The summed E-state index contributed by atoms with van der Waals surface area (Å²) in [7, 11) is 1.56. The van der Waals surface area contributed by atoms with Crippen molar-refractivity contribution in [2.75, 3.05) is 23.9 Å².